The zero-order valence-electron chi connectivity index (χ0n) is 22.6. The van der Waals surface area contributed by atoms with Crippen LogP contribution in [0.4, 0.5) is 0 Å². The molecule has 0 fully saturated rings. The molecule has 0 spiro atoms. The summed E-state index contributed by atoms with van der Waals surface area (Å²) < 4.78 is 21.9. The molecule has 2 atom stereocenters. The van der Waals surface area contributed by atoms with E-state index < -0.39 is 7.82 Å². The predicted molar refractivity (Wildman–Crippen MR) is 139 cm³/mol. The number of phosphoric ester groups is 1. The van der Waals surface area contributed by atoms with Crippen LogP contribution in [0.3, 0.4) is 0 Å². The van der Waals surface area contributed by atoms with Gasteiger partial charge in [-0.15, -0.1) is 0 Å². The molecule has 0 radical (unpaired) electrons. The molecule has 0 aromatic rings. The second-order valence-corrected chi connectivity index (χ2v) is 11.9. The normalized spacial score (nSPS) is 14.1. The average molecular weight is 506 g/mol. The molecule has 0 aromatic heterocycles. The molecule has 0 rings (SSSR count). The Labute approximate surface area is 210 Å². The van der Waals surface area contributed by atoms with Gasteiger partial charge in [0.1, 0.15) is 12.6 Å². The minimum atomic E-state index is -4.52. The standard InChI is InChI=1S/C26H53N2O5P/c1-5-6-7-8-9-10-11-12-13-14-15-16-17-18-19-20-32-23-25(22-27)21-26(28(2,3)4)24-33-34(29,30)31/h25-26H,5-21,23-24H2,1-4H3,(H-,29,30,31)/p+1. The monoisotopic (exact) mass is 505 g/mol. The van der Waals surface area contributed by atoms with Gasteiger partial charge in [-0.05, 0) is 6.42 Å². The summed E-state index contributed by atoms with van der Waals surface area (Å²) in [6.07, 6.45) is 20.4. The van der Waals surface area contributed by atoms with E-state index in [1.807, 2.05) is 21.1 Å². The smallest absolute Gasteiger partial charge is 0.380 e. The molecule has 7 nitrogen and oxygen atoms in total. The number of likely N-dealkylation sites (N-methyl/N-ethyl adjacent to an activating group) is 1. The van der Waals surface area contributed by atoms with E-state index in [1.165, 1.54) is 83.5 Å². The molecule has 2 unspecified atom stereocenters. The van der Waals surface area contributed by atoms with E-state index in [0.29, 0.717) is 24.1 Å². The molecule has 0 bridgehead atoms. The van der Waals surface area contributed by atoms with E-state index in [-0.39, 0.29) is 18.6 Å². The van der Waals surface area contributed by atoms with Gasteiger partial charge >= 0.3 is 7.82 Å². The molecule has 0 aliphatic carbocycles. The number of hydrogen-bond donors (Lipinski definition) is 2. The van der Waals surface area contributed by atoms with E-state index in [4.69, 9.17) is 19.0 Å². The van der Waals surface area contributed by atoms with Crippen molar-refractivity contribution in [3.8, 4) is 6.07 Å². The fourth-order valence-corrected chi connectivity index (χ4v) is 4.44. The van der Waals surface area contributed by atoms with Crippen molar-refractivity contribution in [1.82, 2.24) is 0 Å². The largest absolute Gasteiger partial charge is 0.469 e. The lowest BCUT2D eigenvalue weighted by atomic mass is 10.0. The Kier molecular flexibility index (Phi) is 20.4. The number of hydrogen-bond acceptors (Lipinski definition) is 4. The average Bonchev–Trinajstić information content (AvgIpc) is 2.75. The molecule has 0 aliphatic rings. The van der Waals surface area contributed by atoms with Crippen LogP contribution in [0.1, 0.15) is 110 Å². The maximum absolute atomic E-state index is 11.0. The number of phosphoric acid groups is 1. The van der Waals surface area contributed by atoms with Gasteiger partial charge in [0.05, 0.1) is 39.7 Å². The Morgan fingerprint density at radius 2 is 1.24 bits per heavy atom. The van der Waals surface area contributed by atoms with Crippen molar-refractivity contribution in [2.24, 2.45) is 5.92 Å². The van der Waals surface area contributed by atoms with Crippen molar-refractivity contribution in [1.29, 1.82) is 5.26 Å². The van der Waals surface area contributed by atoms with Crippen LogP contribution in [0.15, 0.2) is 0 Å². The first-order valence-electron chi connectivity index (χ1n) is 13.6. The lowest BCUT2D eigenvalue weighted by Gasteiger charge is -2.35. The van der Waals surface area contributed by atoms with Gasteiger partial charge in [0.2, 0.25) is 0 Å². The Balaban J connectivity index is 3.71. The maximum atomic E-state index is 11.0. The first-order valence-corrected chi connectivity index (χ1v) is 15.1. The van der Waals surface area contributed by atoms with E-state index in [1.54, 1.807) is 0 Å². The van der Waals surface area contributed by atoms with Crippen LogP contribution in [0.2, 0.25) is 0 Å². The Morgan fingerprint density at radius 3 is 1.62 bits per heavy atom. The van der Waals surface area contributed by atoms with E-state index in [0.717, 1.165) is 12.8 Å². The second-order valence-electron chi connectivity index (χ2n) is 10.6. The Hall–Kier alpha value is -0.480. The molecule has 0 saturated carbocycles. The summed E-state index contributed by atoms with van der Waals surface area (Å²) in [7, 11) is 1.27. The molecule has 2 N–H and O–H groups in total. The Morgan fingerprint density at radius 1 is 0.794 bits per heavy atom. The number of nitrogens with zero attached hydrogens (tertiary/aromatic N) is 2. The number of ether oxygens (including phenoxy) is 1. The fraction of sp³-hybridized carbons (Fsp3) is 0.962. The van der Waals surface area contributed by atoms with Crippen molar-refractivity contribution in [2.75, 3.05) is 41.0 Å². The van der Waals surface area contributed by atoms with Crippen molar-refractivity contribution >= 4 is 7.82 Å². The van der Waals surface area contributed by atoms with Gasteiger partial charge in [-0.2, -0.15) is 5.26 Å². The summed E-state index contributed by atoms with van der Waals surface area (Å²) in [4.78, 5) is 18.0. The summed E-state index contributed by atoms with van der Waals surface area (Å²) in [5, 5.41) is 9.47. The maximum Gasteiger partial charge on any atom is 0.469 e. The topological polar surface area (TPSA) is 99.8 Å². The molecule has 0 heterocycles. The highest BCUT2D eigenvalue weighted by Gasteiger charge is 2.30. The minimum absolute atomic E-state index is 0.0923. The first kappa shape index (κ1) is 33.5. The van der Waals surface area contributed by atoms with Crippen LogP contribution in [0, 0.1) is 17.2 Å². The van der Waals surface area contributed by atoms with Crippen molar-refractivity contribution in [3.63, 3.8) is 0 Å². The molecule has 0 amide bonds. The molecule has 202 valence electrons. The van der Waals surface area contributed by atoms with Gasteiger partial charge in [-0.25, -0.2) is 4.57 Å². The molecule has 0 saturated heterocycles. The van der Waals surface area contributed by atoms with Crippen LogP contribution >= 0.6 is 7.82 Å². The van der Waals surface area contributed by atoms with Crippen molar-refractivity contribution in [2.45, 2.75) is 116 Å². The molecule has 8 heteroatoms. The Bertz CT molecular complexity index is 556. The summed E-state index contributed by atoms with van der Waals surface area (Å²) >= 11 is 0. The molecule has 0 aliphatic heterocycles. The zero-order chi connectivity index (χ0) is 25.7. The molecule has 34 heavy (non-hydrogen) atoms. The van der Waals surface area contributed by atoms with Crippen LogP contribution < -0.4 is 0 Å². The van der Waals surface area contributed by atoms with Gasteiger partial charge in [-0.1, -0.05) is 96.8 Å². The van der Waals surface area contributed by atoms with E-state index >= 15 is 0 Å². The number of rotatable bonds is 24. The second kappa shape index (κ2) is 20.7. The quantitative estimate of drug-likeness (QED) is 0.0872. The molecule has 0 aromatic carbocycles. The SMILES string of the molecule is CCCCCCCCCCCCCCCCCOCC(C#N)CC(COP(=O)(O)O)[N+](C)(C)C. The zero-order valence-corrected chi connectivity index (χ0v) is 23.4. The predicted octanol–water partition coefficient (Wildman–Crippen LogP) is 6.59. The number of quaternary nitrogens is 1. The summed E-state index contributed by atoms with van der Waals surface area (Å²) in [5.41, 5.74) is 0. The van der Waals surface area contributed by atoms with Gasteiger partial charge in [0.15, 0.2) is 0 Å². The first-order chi connectivity index (χ1) is 16.1. The van der Waals surface area contributed by atoms with Crippen LogP contribution in [-0.2, 0) is 13.8 Å². The van der Waals surface area contributed by atoms with Crippen molar-refractivity contribution in [3.05, 3.63) is 0 Å². The third-order valence-corrected chi connectivity index (χ3v) is 6.97. The van der Waals surface area contributed by atoms with Crippen molar-refractivity contribution < 1.29 is 28.1 Å². The summed E-state index contributed by atoms with van der Waals surface area (Å²) in [6.45, 7) is 3.18. The van der Waals surface area contributed by atoms with Gasteiger partial charge < -0.3 is 19.0 Å². The van der Waals surface area contributed by atoms with Crippen LogP contribution in [-0.4, -0.2) is 61.3 Å². The van der Waals surface area contributed by atoms with Gasteiger partial charge in [0, 0.05) is 13.0 Å². The van der Waals surface area contributed by atoms with Gasteiger partial charge in [0.25, 0.3) is 0 Å². The van der Waals surface area contributed by atoms with Gasteiger partial charge in [-0.3, -0.25) is 4.52 Å². The number of nitriles is 1. The summed E-state index contributed by atoms with van der Waals surface area (Å²) in [6, 6.07) is 2.07. The third-order valence-electron chi connectivity index (χ3n) is 6.48. The highest BCUT2D eigenvalue weighted by molar-refractivity contribution is 7.46. The third kappa shape index (κ3) is 22.0. The van der Waals surface area contributed by atoms with E-state index in [9.17, 15) is 9.83 Å². The summed E-state index contributed by atoms with van der Waals surface area (Å²) in [5.74, 6) is -0.320. The highest BCUT2D eigenvalue weighted by atomic mass is 31.2. The molecular weight excluding hydrogens is 451 g/mol. The van der Waals surface area contributed by atoms with E-state index in [2.05, 4.69) is 13.0 Å². The minimum Gasteiger partial charge on any atom is -0.380 e. The lowest BCUT2D eigenvalue weighted by Crippen LogP contribution is -2.48. The highest BCUT2D eigenvalue weighted by Crippen LogP contribution is 2.36. The van der Waals surface area contributed by atoms with Crippen LogP contribution in [0.25, 0.3) is 0 Å². The van der Waals surface area contributed by atoms with Crippen LogP contribution in [0.5, 0.6) is 0 Å². The fourth-order valence-electron chi connectivity index (χ4n) is 4.08. The molecular formula is C26H54N2O5P+. The lowest BCUT2D eigenvalue weighted by molar-refractivity contribution is -0.897. The number of unbranched alkanes of at least 4 members (excludes halogenated alkanes) is 14.